The number of amides is 2. The number of halogens is 2. The summed E-state index contributed by atoms with van der Waals surface area (Å²) in [5.41, 5.74) is 1.90. The Bertz CT molecular complexity index is 837. The zero-order chi connectivity index (χ0) is 18.7. The van der Waals surface area contributed by atoms with Gasteiger partial charge in [-0.25, -0.2) is 8.78 Å². The highest BCUT2D eigenvalue weighted by molar-refractivity contribution is 5.96. The monoisotopic (exact) mass is 359 g/mol. The van der Waals surface area contributed by atoms with Gasteiger partial charge < -0.3 is 15.5 Å². The van der Waals surface area contributed by atoms with Crippen LogP contribution in [0.1, 0.15) is 22.3 Å². The Morgan fingerprint density at radius 3 is 2.58 bits per heavy atom. The van der Waals surface area contributed by atoms with Crippen molar-refractivity contribution in [2.45, 2.75) is 12.8 Å². The van der Waals surface area contributed by atoms with Crippen molar-refractivity contribution in [3.63, 3.8) is 0 Å². The number of carbonyl (C=O) groups excluding carboxylic acids is 2. The normalized spacial score (nSPS) is 13.1. The Morgan fingerprint density at radius 1 is 1.15 bits per heavy atom. The fourth-order valence-corrected chi connectivity index (χ4v) is 3.12. The molecule has 0 aromatic heterocycles. The Labute approximate surface area is 150 Å². The molecule has 0 fully saturated rings. The Kier molecular flexibility index (Phi) is 5.16. The maximum atomic E-state index is 14.2. The van der Waals surface area contributed by atoms with Crippen molar-refractivity contribution in [2.24, 2.45) is 0 Å². The van der Waals surface area contributed by atoms with Crippen LogP contribution >= 0.6 is 0 Å². The van der Waals surface area contributed by atoms with E-state index < -0.39 is 11.6 Å². The summed E-state index contributed by atoms with van der Waals surface area (Å²) in [6.07, 6.45) is 1.31. The van der Waals surface area contributed by atoms with Gasteiger partial charge in [-0.3, -0.25) is 9.59 Å². The van der Waals surface area contributed by atoms with E-state index in [1.165, 1.54) is 6.07 Å². The molecular formula is C19H19F2N3O2. The van der Waals surface area contributed by atoms with E-state index in [1.54, 1.807) is 36.2 Å². The Hall–Kier alpha value is -2.96. The van der Waals surface area contributed by atoms with E-state index in [1.807, 2.05) is 0 Å². The van der Waals surface area contributed by atoms with Gasteiger partial charge in [0.05, 0.1) is 12.2 Å². The average Bonchev–Trinajstić information content (AvgIpc) is 2.61. The summed E-state index contributed by atoms with van der Waals surface area (Å²) in [5.74, 6) is -1.78. The first kappa shape index (κ1) is 17.8. The minimum atomic E-state index is -0.651. The molecule has 1 heterocycles. The molecule has 5 nitrogen and oxygen atoms in total. The maximum Gasteiger partial charge on any atom is 0.251 e. The summed E-state index contributed by atoms with van der Waals surface area (Å²) < 4.78 is 27.5. The predicted molar refractivity (Wildman–Crippen MR) is 95.4 cm³/mol. The van der Waals surface area contributed by atoms with Crippen molar-refractivity contribution >= 4 is 23.2 Å². The van der Waals surface area contributed by atoms with Crippen LogP contribution in [-0.4, -0.2) is 32.0 Å². The highest BCUT2D eigenvalue weighted by Gasteiger charge is 2.23. The molecule has 2 aromatic rings. The molecule has 2 aromatic carbocycles. The first-order valence-electron chi connectivity index (χ1n) is 8.33. The molecule has 2 amide bonds. The van der Waals surface area contributed by atoms with Crippen LogP contribution in [0.3, 0.4) is 0 Å². The van der Waals surface area contributed by atoms with E-state index in [-0.39, 0.29) is 18.4 Å². The molecule has 7 heteroatoms. The van der Waals surface area contributed by atoms with Crippen LogP contribution in [0.5, 0.6) is 0 Å². The molecule has 0 aliphatic carbocycles. The standard InChI is InChI=1S/C19H19F2N3O2/c1-22-19(26)12-4-6-15(7-5-12)23-17(25)11-24-8-2-3-13-9-14(20)10-16(21)18(13)24/h4-7,9-10H,2-3,8,11H2,1H3,(H,22,26)(H,23,25). The third-order valence-corrected chi connectivity index (χ3v) is 4.29. The maximum absolute atomic E-state index is 14.2. The van der Waals surface area contributed by atoms with Gasteiger partial charge in [0.2, 0.25) is 5.91 Å². The van der Waals surface area contributed by atoms with E-state index in [2.05, 4.69) is 10.6 Å². The van der Waals surface area contributed by atoms with Gasteiger partial charge in [0.1, 0.15) is 11.6 Å². The smallest absolute Gasteiger partial charge is 0.251 e. The molecule has 0 atom stereocenters. The molecule has 0 bridgehead atoms. The number of fused-ring (bicyclic) bond motifs is 1. The highest BCUT2D eigenvalue weighted by Crippen LogP contribution is 2.30. The molecule has 0 saturated heterocycles. The molecule has 26 heavy (non-hydrogen) atoms. The van der Waals surface area contributed by atoms with Crippen LogP contribution in [0, 0.1) is 11.6 Å². The average molecular weight is 359 g/mol. The summed E-state index contributed by atoms with van der Waals surface area (Å²) in [5, 5.41) is 5.25. The lowest BCUT2D eigenvalue weighted by Crippen LogP contribution is -2.37. The first-order chi connectivity index (χ1) is 12.5. The van der Waals surface area contributed by atoms with Crippen molar-refractivity contribution in [3.05, 3.63) is 59.2 Å². The molecule has 0 radical (unpaired) electrons. The number of benzene rings is 2. The lowest BCUT2D eigenvalue weighted by atomic mass is 10.0. The molecule has 136 valence electrons. The van der Waals surface area contributed by atoms with Gasteiger partial charge in [-0.15, -0.1) is 0 Å². The third-order valence-electron chi connectivity index (χ3n) is 4.29. The van der Waals surface area contributed by atoms with E-state index >= 15 is 0 Å². The summed E-state index contributed by atoms with van der Waals surface area (Å²) in [4.78, 5) is 25.5. The van der Waals surface area contributed by atoms with Crippen LogP contribution in [0.4, 0.5) is 20.2 Å². The zero-order valence-corrected chi connectivity index (χ0v) is 14.3. The Balaban J connectivity index is 1.69. The van der Waals surface area contributed by atoms with Crippen molar-refractivity contribution in [1.29, 1.82) is 0 Å². The number of nitrogens with one attached hydrogen (secondary N) is 2. The molecule has 2 N–H and O–H groups in total. The van der Waals surface area contributed by atoms with Crippen molar-refractivity contribution in [1.82, 2.24) is 5.32 Å². The number of hydrogen-bond acceptors (Lipinski definition) is 3. The van der Waals surface area contributed by atoms with E-state index in [9.17, 15) is 18.4 Å². The second kappa shape index (κ2) is 7.51. The van der Waals surface area contributed by atoms with Crippen LogP contribution in [-0.2, 0) is 11.2 Å². The quantitative estimate of drug-likeness (QED) is 0.882. The fraction of sp³-hybridized carbons (Fsp3) is 0.263. The van der Waals surface area contributed by atoms with Gasteiger partial charge in [-0.2, -0.15) is 0 Å². The number of hydrogen-bond donors (Lipinski definition) is 2. The van der Waals surface area contributed by atoms with Crippen LogP contribution < -0.4 is 15.5 Å². The van der Waals surface area contributed by atoms with Gasteiger partial charge in [0.25, 0.3) is 5.91 Å². The highest BCUT2D eigenvalue weighted by atomic mass is 19.1. The zero-order valence-electron chi connectivity index (χ0n) is 14.3. The van der Waals surface area contributed by atoms with E-state index in [0.717, 1.165) is 12.5 Å². The summed E-state index contributed by atoms with van der Waals surface area (Å²) >= 11 is 0. The van der Waals surface area contributed by atoms with Crippen molar-refractivity contribution in [3.8, 4) is 0 Å². The lowest BCUT2D eigenvalue weighted by Gasteiger charge is -2.31. The van der Waals surface area contributed by atoms with E-state index in [0.29, 0.717) is 35.5 Å². The number of nitrogens with zero attached hydrogens (tertiary/aromatic N) is 1. The molecular weight excluding hydrogens is 340 g/mol. The van der Waals surface area contributed by atoms with Gasteiger partial charge in [0.15, 0.2) is 0 Å². The van der Waals surface area contributed by atoms with Crippen LogP contribution in [0.15, 0.2) is 36.4 Å². The summed E-state index contributed by atoms with van der Waals surface area (Å²) in [7, 11) is 1.54. The topological polar surface area (TPSA) is 61.4 Å². The minimum absolute atomic E-state index is 0.0350. The largest absolute Gasteiger partial charge is 0.360 e. The molecule has 0 saturated carbocycles. The third kappa shape index (κ3) is 3.82. The van der Waals surface area contributed by atoms with Crippen LogP contribution in [0.2, 0.25) is 0 Å². The molecule has 3 rings (SSSR count). The second-order valence-corrected chi connectivity index (χ2v) is 6.13. The Morgan fingerprint density at radius 2 is 1.88 bits per heavy atom. The summed E-state index contributed by atoms with van der Waals surface area (Å²) in [6.45, 7) is 0.491. The molecule has 1 aliphatic heterocycles. The minimum Gasteiger partial charge on any atom is -0.360 e. The number of aryl methyl sites for hydroxylation is 1. The van der Waals surface area contributed by atoms with Gasteiger partial charge >= 0.3 is 0 Å². The fourth-order valence-electron chi connectivity index (χ4n) is 3.12. The molecule has 0 unspecified atom stereocenters. The predicted octanol–water partition coefficient (Wildman–Crippen LogP) is 2.72. The number of rotatable bonds is 4. The molecule has 0 spiro atoms. The van der Waals surface area contributed by atoms with Gasteiger partial charge in [-0.1, -0.05) is 0 Å². The lowest BCUT2D eigenvalue weighted by molar-refractivity contribution is -0.115. The van der Waals surface area contributed by atoms with Gasteiger partial charge in [-0.05, 0) is 48.7 Å². The summed E-state index contributed by atoms with van der Waals surface area (Å²) in [6, 6.07) is 8.62. The van der Waals surface area contributed by atoms with E-state index in [4.69, 9.17) is 0 Å². The van der Waals surface area contributed by atoms with Gasteiger partial charge in [0, 0.05) is 30.9 Å². The van der Waals surface area contributed by atoms with Crippen molar-refractivity contribution < 1.29 is 18.4 Å². The van der Waals surface area contributed by atoms with Crippen LogP contribution in [0.25, 0.3) is 0 Å². The first-order valence-corrected chi connectivity index (χ1v) is 8.33. The number of anilines is 2. The number of carbonyl (C=O) groups is 2. The second-order valence-electron chi connectivity index (χ2n) is 6.13. The van der Waals surface area contributed by atoms with Crippen molar-refractivity contribution in [2.75, 3.05) is 30.4 Å². The molecule has 1 aliphatic rings. The SMILES string of the molecule is CNC(=O)c1ccc(NC(=O)CN2CCCc3cc(F)cc(F)c32)cc1.